The molecule has 162 valence electrons. The SMILES string of the molecule is Cc1ccc(-n2ccnc2SCC(=O)NCC(=O)Nc2ccc(F)c(F)c2F)cc1C. The molecule has 0 atom stereocenters. The van der Waals surface area contributed by atoms with Crippen LogP contribution in [0.2, 0.25) is 0 Å². The van der Waals surface area contributed by atoms with Gasteiger partial charge in [-0.3, -0.25) is 14.2 Å². The Bertz CT molecular complexity index is 1130. The Morgan fingerprint density at radius 2 is 1.81 bits per heavy atom. The molecule has 0 saturated carbocycles. The van der Waals surface area contributed by atoms with E-state index in [1.807, 2.05) is 36.6 Å². The highest BCUT2D eigenvalue weighted by atomic mass is 32.2. The highest BCUT2D eigenvalue weighted by molar-refractivity contribution is 7.99. The molecule has 1 aromatic heterocycles. The number of nitrogens with one attached hydrogen (secondary N) is 2. The topological polar surface area (TPSA) is 76.0 Å². The van der Waals surface area contributed by atoms with E-state index in [-0.39, 0.29) is 5.75 Å². The van der Waals surface area contributed by atoms with Crippen molar-refractivity contribution in [3.05, 3.63) is 71.3 Å². The molecule has 0 unspecified atom stereocenters. The van der Waals surface area contributed by atoms with Crippen molar-refractivity contribution in [1.82, 2.24) is 14.9 Å². The highest BCUT2D eigenvalue weighted by Crippen LogP contribution is 2.22. The normalized spacial score (nSPS) is 10.7. The number of benzene rings is 2. The number of amides is 2. The lowest BCUT2D eigenvalue weighted by Crippen LogP contribution is -2.34. The van der Waals surface area contributed by atoms with Gasteiger partial charge in [0.15, 0.2) is 22.6 Å². The predicted molar refractivity (Wildman–Crippen MR) is 112 cm³/mol. The second-order valence-corrected chi connectivity index (χ2v) is 7.63. The van der Waals surface area contributed by atoms with E-state index in [0.29, 0.717) is 11.2 Å². The maximum absolute atomic E-state index is 13.6. The lowest BCUT2D eigenvalue weighted by molar-refractivity contribution is -0.122. The molecular formula is C21H19F3N4O2S. The first-order valence-corrected chi connectivity index (χ1v) is 10.2. The van der Waals surface area contributed by atoms with Crippen LogP contribution in [0, 0.1) is 31.3 Å². The van der Waals surface area contributed by atoms with E-state index in [2.05, 4.69) is 15.6 Å². The monoisotopic (exact) mass is 448 g/mol. The molecule has 0 spiro atoms. The summed E-state index contributed by atoms with van der Waals surface area (Å²) in [5, 5.41) is 5.08. The highest BCUT2D eigenvalue weighted by Gasteiger charge is 2.16. The van der Waals surface area contributed by atoms with Crippen molar-refractivity contribution in [3.63, 3.8) is 0 Å². The smallest absolute Gasteiger partial charge is 0.243 e. The minimum atomic E-state index is -1.68. The van der Waals surface area contributed by atoms with Gasteiger partial charge in [0.25, 0.3) is 0 Å². The number of carbonyl (C=O) groups excluding carboxylic acids is 2. The Morgan fingerprint density at radius 1 is 1.03 bits per heavy atom. The van der Waals surface area contributed by atoms with Crippen LogP contribution in [0.3, 0.4) is 0 Å². The number of thioether (sulfide) groups is 1. The summed E-state index contributed by atoms with van der Waals surface area (Å²) in [4.78, 5) is 28.2. The first kappa shape index (κ1) is 22.4. The summed E-state index contributed by atoms with van der Waals surface area (Å²) in [6.45, 7) is 3.57. The molecule has 2 aromatic carbocycles. The van der Waals surface area contributed by atoms with Gasteiger partial charge in [0.05, 0.1) is 18.0 Å². The number of rotatable bonds is 7. The van der Waals surface area contributed by atoms with Gasteiger partial charge in [-0.1, -0.05) is 17.8 Å². The fraction of sp³-hybridized carbons (Fsp3) is 0.190. The van der Waals surface area contributed by atoms with Gasteiger partial charge in [0.2, 0.25) is 11.8 Å². The molecule has 0 fully saturated rings. The van der Waals surface area contributed by atoms with Gasteiger partial charge in [-0.05, 0) is 49.2 Å². The molecule has 0 aliphatic carbocycles. The third-order valence-corrected chi connectivity index (χ3v) is 5.43. The largest absolute Gasteiger partial charge is 0.346 e. The number of aromatic nitrogens is 2. The van der Waals surface area contributed by atoms with Crippen molar-refractivity contribution in [3.8, 4) is 5.69 Å². The summed E-state index contributed by atoms with van der Waals surface area (Å²) < 4.78 is 41.6. The van der Waals surface area contributed by atoms with Gasteiger partial charge >= 0.3 is 0 Å². The van der Waals surface area contributed by atoms with Crippen molar-refractivity contribution in [2.24, 2.45) is 0 Å². The van der Waals surface area contributed by atoms with Crippen molar-refractivity contribution in [1.29, 1.82) is 0 Å². The van der Waals surface area contributed by atoms with Gasteiger partial charge in [-0.2, -0.15) is 0 Å². The zero-order valence-electron chi connectivity index (χ0n) is 16.7. The van der Waals surface area contributed by atoms with E-state index < -0.39 is 41.5 Å². The Morgan fingerprint density at radius 3 is 2.55 bits per heavy atom. The molecule has 10 heteroatoms. The van der Waals surface area contributed by atoms with Crippen LogP contribution in [0.4, 0.5) is 18.9 Å². The van der Waals surface area contributed by atoms with Gasteiger partial charge in [0, 0.05) is 18.1 Å². The Kier molecular flexibility index (Phi) is 7.01. The summed E-state index contributed by atoms with van der Waals surface area (Å²) in [7, 11) is 0. The van der Waals surface area contributed by atoms with Gasteiger partial charge in [-0.15, -0.1) is 0 Å². The van der Waals surface area contributed by atoms with Crippen LogP contribution in [0.25, 0.3) is 5.69 Å². The van der Waals surface area contributed by atoms with Crippen molar-refractivity contribution in [2.75, 3.05) is 17.6 Å². The average Bonchev–Trinajstić information content (AvgIpc) is 3.22. The van der Waals surface area contributed by atoms with Gasteiger partial charge in [0.1, 0.15) is 0 Å². The lowest BCUT2D eigenvalue weighted by Gasteiger charge is -2.10. The first-order chi connectivity index (χ1) is 14.8. The lowest BCUT2D eigenvalue weighted by atomic mass is 10.1. The number of hydrogen-bond acceptors (Lipinski definition) is 4. The quantitative estimate of drug-likeness (QED) is 0.426. The van der Waals surface area contributed by atoms with E-state index in [9.17, 15) is 22.8 Å². The van der Waals surface area contributed by atoms with Crippen molar-refractivity contribution < 1.29 is 22.8 Å². The van der Waals surface area contributed by atoms with E-state index in [1.165, 1.54) is 17.3 Å². The number of carbonyl (C=O) groups is 2. The van der Waals surface area contributed by atoms with Gasteiger partial charge in [-0.25, -0.2) is 18.2 Å². The van der Waals surface area contributed by atoms with Crippen LogP contribution < -0.4 is 10.6 Å². The Hall–Kier alpha value is -3.27. The molecular weight excluding hydrogens is 429 g/mol. The number of hydrogen-bond donors (Lipinski definition) is 2. The molecule has 2 N–H and O–H groups in total. The minimum absolute atomic E-state index is 0.00528. The van der Waals surface area contributed by atoms with Gasteiger partial charge < -0.3 is 10.6 Å². The first-order valence-electron chi connectivity index (χ1n) is 9.20. The van der Waals surface area contributed by atoms with E-state index in [0.717, 1.165) is 17.3 Å². The van der Waals surface area contributed by atoms with Crippen molar-refractivity contribution in [2.45, 2.75) is 19.0 Å². The molecule has 0 aliphatic rings. The Labute approximate surface area is 180 Å². The molecule has 0 saturated heterocycles. The zero-order valence-corrected chi connectivity index (χ0v) is 17.5. The van der Waals surface area contributed by atoms with E-state index >= 15 is 0 Å². The second kappa shape index (κ2) is 9.69. The number of aryl methyl sites for hydroxylation is 2. The average molecular weight is 448 g/mol. The van der Waals surface area contributed by atoms with E-state index in [4.69, 9.17) is 0 Å². The number of halogens is 3. The maximum atomic E-state index is 13.6. The third kappa shape index (κ3) is 5.46. The van der Waals surface area contributed by atoms with Crippen LogP contribution in [0.1, 0.15) is 11.1 Å². The summed E-state index contributed by atoms with van der Waals surface area (Å²) >= 11 is 1.19. The number of anilines is 1. The predicted octanol–water partition coefficient (Wildman–Crippen LogP) is 3.75. The minimum Gasteiger partial charge on any atom is -0.346 e. The fourth-order valence-electron chi connectivity index (χ4n) is 2.65. The molecule has 1 heterocycles. The standard InChI is InChI=1S/C21H19F3N4O2S/c1-12-3-4-14(9-13(12)2)28-8-7-25-21(28)31-11-18(30)26-10-17(29)27-16-6-5-15(22)19(23)20(16)24/h3-9H,10-11H2,1-2H3,(H,26,30)(H,27,29). The molecule has 31 heavy (non-hydrogen) atoms. The second-order valence-electron chi connectivity index (χ2n) is 6.68. The molecule has 3 rings (SSSR count). The molecule has 3 aromatic rings. The molecule has 6 nitrogen and oxygen atoms in total. The van der Waals surface area contributed by atoms with Crippen LogP contribution in [0.15, 0.2) is 47.9 Å². The van der Waals surface area contributed by atoms with Crippen LogP contribution >= 0.6 is 11.8 Å². The van der Waals surface area contributed by atoms with Crippen LogP contribution in [-0.4, -0.2) is 33.7 Å². The number of imidazole rings is 1. The third-order valence-electron chi connectivity index (χ3n) is 4.46. The molecule has 0 bridgehead atoms. The van der Waals surface area contributed by atoms with Crippen LogP contribution in [0.5, 0.6) is 0 Å². The van der Waals surface area contributed by atoms with Crippen LogP contribution in [-0.2, 0) is 9.59 Å². The maximum Gasteiger partial charge on any atom is 0.243 e. The molecule has 0 aliphatic heterocycles. The summed E-state index contributed by atoms with van der Waals surface area (Å²) in [6, 6.07) is 7.57. The molecule has 0 radical (unpaired) electrons. The van der Waals surface area contributed by atoms with Crippen molar-refractivity contribution >= 4 is 29.3 Å². The summed E-state index contributed by atoms with van der Waals surface area (Å²) in [6.07, 6.45) is 3.41. The van der Waals surface area contributed by atoms with E-state index in [1.54, 1.807) is 12.4 Å². The fourth-order valence-corrected chi connectivity index (χ4v) is 3.45. The zero-order chi connectivity index (χ0) is 22.5. The molecule has 2 amide bonds. The summed E-state index contributed by atoms with van der Waals surface area (Å²) in [5.74, 6) is -5.78. The summed E-state index contributed by atoms with van der Waals surface area (Å²) in [5.41, 5.74) is 2.70. The Balaban J connectivity index is 1.52. The number of nitrogens with zero attached hydrogens (tertiary/aromatic N) is 2.